The number of halogens is 2. The molecule has 6 N–H and O–H groups in total. The van der Waals surface area contributed by atoms with Crippen LogP contribution >= 0.6 is 15.6 Å². The Hall–Kier alpha value is -4.79. The van der Waals surface area contributed by atoms with E-state index in [2.05, 4.69) is 65.7 Å². The molecule has 8 aromatic rings. The number of nitrogens with zero attached hydrogens (tertiary/aromatic N) is 6. The normalized spacial score (nSPS) is 14.7. The van der Waals surface area contributed by atoms with Gasteiger partial charge >= 0.3 is 79.0 Å². The molecule has 0 bridgehead atoms. The van der Waals surface area contributed by atoms with E-state index in [4.69, 9.17) is 23.0 Å². The summed E-state index contributed by atoms with van der Waals surface area (Å²) < 4.78 is 91.1. The molecular formula is C59H72F2N12Na2O12P2W. The first-order chi connectivity index (χ1) is 41.1. The van der Waals surface area contributed by atoms with Crippen molar-refractivity contribution >= 4 is 61.7 Å². The zero-order valence-corrected chi connectivity index (χ0v) is 59.8. The van der Waals surface area contributed by atoms with E-state index < -0.39 is 62.8 Å². The molecular weight excluding hydrogens is 1400 g/mol. The summed E-state index contributed by atoms with van der Waals surface area (Å²) in [5.41, 5.74) is 1.91. The van der Waals surface area contributed by atoms with Gasteiger partial charge in [-0.05, 0) is 90.5 Å². The third kappa shape index (κ3) is 20.1. The fraction of sp³-hybridized carbons (Fsp3) is 0.390. The van der Waals surface area contributed by atoms with Crippen molar-refractivity contribution in [3.05, 3.63) is 143 Å². The van der Waals surface area contributed by atoms with Gasteiger partial charge in [0, 0.05) is 106 Å². The maximum atomic E-state index is 16.4. The number of aromatic amines is 2. The number of urea groups is 2. The maximum Gasteiger partial charge on any atom is 1.00 e. The Morgan fingerprint density at radius 3 is 1.34 bits per heavy atom. The Bertz CT molecular complexity index is 3670. The van der Waals surface area contributed by atoms with Crippen molar-refractivity contribution in [2.45, 2.75) is 125 Å². The van der Waals surface area contributed by atoms with Crippen LogP contribution in [0.2, 0.25) is 0 Å². The number of aromatic nitrogens is 8. The van der Waals surface area contributed by atoms with Gasteiger partial charge in [0.05, 0.1) is 55.3 Å². The van der Waals surface area contributed by atoms with Crippen LogP contribution in [0.1, 0.15) is 135 Å². The number of H-pyrrole nitrogens is 2. The van der Waals surface area contributed by atoms with Crippen LogP contribution < -0.4 is 90.2 Å². The van der Waals surface area contributed by atoms with Gasteiger partial charge in [-0.1, -0.05) is 81.9 Å². The van der Waals surface area contributed by atoms with Gasteiger partial charge in [0.2, 0.25) is 11.9 Å². The molecule has 0 unspecified atom stereocenters. The number of anilines is 2. The Morgan fingerprint density at radius 2 is 1.01 bits per heavy atom. The number of amides is 4. The van der Waals surface area contributed by atoms with Gasteiger partial charge in [-0.25, -0.2) is 52.8 Å². The van der Waals surface area contributed by atoms with Gasteiger partial charge in [0.1, 0.15) is 22.8 Å². The largest absolute Gasteiger partial charge is 1.00 e. The second kappa shape index (κ2) is 34.9. The molecule has 472 valence electrons. The smallest absolute Gasteiger partial charge is 0.790 e. The minimum absolute atomic E-state index is 0. The molecule has 0 radical (unpaired) electrons. The SMILES string of the molecule is C.CC.CCNC(=O)Nc1nc2c([C@H]3CCCO3)c(F)c(-c3cnc(C(C)(C)OP(=O)(OCc4ccccc4)OCc4ccccc4)nc3)cc2[nH]1.CCNC(=O)Nc1nc2c([C@H]3CCCO3)c(F)c(-c3cnc(C(C)(C)OP(=O)([O-])[O-])nc3)cc2[nH]1.[Na+].[Na+].[W]. The Morgan fingerprint density at radius 1 is 0.644 bits per heavy atom. The zero-order valence-electron chi connectivity index (χ0n) is 51.1. The first-order valence-electron chi connectivity index (χ1n) is 28.0. The van der Waals surface area contributed by atoms with Crippen LogP contribution in [0.5, 0.6) is 0 Å². The van der Waals surface area contributed by atoms with Crippen LogP contribution in [0.3, 0.4) is 0 Å². The summed E-state index contributed by atoms with van der Waals surface area (Å²) in [6.45, 7) is 15.4. The number of nitrogens with one attached hydrogen (secondary N) is 6. The minimum Gasteiger partial charge on any atom is -0.790 e. The van der Waals surface area contributed by atoms with Gasteiger partial charge in [-0.3, -0.25) is 24.2 Å². The molecule has 4 aromatic heterocycles. The predicted molar refractivity (Wildman–Crippen MR) is 319 cm³/mol. The van der Waals surface area contributed by atoms with Crippen LogP contribution in [0.15, 0.2) is 97.6 Å². The number of benzene rings is 4. The number of carbonyl (C=O) groups is 2. The number of hydrogen-bond donors (Lipinski definition) is 6. The van der Waals surface area contributed by atoms with Crippen molar-refractivity contribution in [2.24, 2.45) is 0 Å². The predicted octanol–water partition coefficient (Wildman–Crippen LogP) is 5.85. The first-order valence-corrected chi connectivity index (χ1v) is 30.9. The second-order valence-electron chi connectivity index (χ2n) is 20.4. The van der Waals surface area contributed by atoms with Crippen LogP contribution in [0, 0.1) is 11.6 Å². The van der Waals surface area contributed by atoms with Gasteiger partial charge in [0.25, 0.3) is 0 Å². The molecule has 0 spiro atoms. The van der Waals surface area contributed by atoms with Crippen LogP contribution in [0.25, 0.3) is 44.3 Å². The number of hydrogen-bond acceptors (Lipinski definition) is 18. The second-order valence-corrected chi connectivity index (χ2v) is 23.1. The van der Waals surface area contributed by atoms with Gasteiger partial charge in [0.15, 0.2) is 11.6 Å². The fourth-order valence-electron chi connectivity index (χ4n) is 9.41. The number of fused-ring (bicyclic) bond motifs is 2. The Labute approximate surface area is 579 Å². The molecule has 2 aliphatic rings. The van der Waals surface area contributed by atoms with E-state index in [0.29, 0.717) is 77.9 Å². The summed E-state index contributed by atoms with van der Waals surface area (Å²) in [5, 5.41) is 10.5. The molecule has 2 fully saturated rings. The molecule has 2 atom stereocenters. The molecule has 90 heavy (non-hydrogen) atoms. The summed E-state index contributed by atoms with van der Waals surface area (Å²) in [6.07, 6.45) is 7.32. The van der Waals surface area contributed by atoms with Gasteiger partial charge < -0.3 is 49.0 Å². The fourth-order valence-corrected chi connectivity index (χ4v) is 11.5. The molecule has 4 amide bonds. The van der Waals surface area contributed by atoms with E-state index in [1.165, 1.54) is 44.7 Å². The van der Waals surface area contributed by atoms with Gasteiger partial charge in [-0.15, -0.1) is 0 Å². The number of phosphoric ester groups is 2. The van der Waals surface area contributed by atoms with Gasteiger partial charge in [-0.2, -0.15) is 0 Å². The summed E-state index contributed by atoms with van der Waals surface area (Å²) in [6, 6.07) is 20.8. The third-order valence-electron chi connectivity index (χ3n) is 13.3. The van der Waals surface area contributed by atoms with E-state index in [1.807, 2.05) is 74.5 Å². The molecule has 0 aliphatic carbocycles. The molecule has 2 saturated heterocycles. The molecule has 24 nitrogen and oxygen atoms in total. The quantitative estimate of drug-likeness (QED) is 0.0385. The summed E-state index contributed by atoms with van der Waals surface area (Å²) >= 11 is 0. The average molecular weight is 1470 g/mol. The number of phosphoric acid groups is 2. The molecule has 2 aliphatic heterocycles. The molecule has 31 heteroatoms. The third-order valence-corrected chi connectivity index (χ3v) is 15.5. The zero-order chi connectivity index (χ0) is 61.8. The maximum absolute atomic E-state index is 16.4. The van der Waals surface area contributed by atoms with Crippen molar-refractivity contribution in [1.82, 2.24) is 50.5 Å². The first kappa shape index (κ1) is 77.7. The molecule has 6 heterocycles. The standard InChI is InChI=1S/C35H38FN6O6P.C21H26FN6O6P.C2H6.CH4.2Na.W/c1-4-37-34(43)42-33-40-27-18-26(30(36)29(31(27)41-33)28-16-11-17-45-28)25-19-38-32(39-20-25)35(2,3)48-49(44,46-21-23-12-7-5-8-13-23)47-22-24-14-9-6-10-15-24;1-4-23-20(29)28-19-26-13-8-12(16(22)15(17(13)27-19)14-6-5-7-33-14)11-9-24-18(25-10-11)21(2,3)34-35(30,31)32;1-2;;;;/h5-10,12-15,18-20,28H,4,11,16-17,21-22H2,1-3H3,(H3,37,40,41,42,43);8-10,14H,4-7H2,1-3H3,(H2,30,31,32)(H3,23,26,27,28,29);1-2H3;1H4;;;/q;;;;2*+1;/p-2/t28-;14-;;;;;/m11...../s1. The van der Waals surface area contributed by atoms with Crippen LogP contribution in [-0.4, -0.2) is 78.2 Å². The summed E-state index contributed by atoms with van der Waals surface area (Å²) in [5.74, 6) is -0.656. The van der Waals surface area contributed by atoms with E-state index in [1.54, 1.807) is 33.8 Å². The van der Waals surface area contributed by atoms with Crippen molar-refractivity contribution in [3.8, 4) is 22.3 Å². The summed E-state index contributed by atoms with van der Waals surface area (Å²) in [7, 11) is -9.46. The number of rotatable bonds is 20. The van der Waals surface area contributed by atoms with Crippen molar-refractivity contribution in [2.75, 3.05) is 36.9 Å². The minimum atomic E-state index is -5.29. The summed E-state index contributed by atoms with van der Waals surface area (Å²) in [4.78, 5) is 78.3. The van der Waals surface area contributed by atoms with Crippen molar-refractivity contribution < 1.29 is 145 Å². The van der Waals surface area contributed by atoms with E-state index >= 15 is 8.78 Å². The van der Waals surface area contributed by atoms with E-state index in [-0.39, 0.29) is 141 Å². The Balaban J connectivity index is 0.000000376. The van der Waals surface area contributed by atoms with E-state index in [0.717, 1.165) is 24.0 Å². The number of carbonyl (C=O) groups excluding carboxylic acids is 2. The topological polar surface area (TPSA) is 327 Å². The average Bonchev–Trinajstić information content (AvgIpc) is 2.63. The Kier molecular flexibility index (Phi) is 30.1. The van der Waals surface area contributed by atoms with Crippen molar-refractivity contribution in [3.63, 3.8) is 0 Å². The molecule has 4 aromatic carbocycles. The molecule has 10 rings (SSSR count). The number of ether oxygens (including phenoxy) is 2. The van der Waals surface area contributed by atoms with E-state index in [9.17, 15) is 28.5 Å². The van der Waals surface area contributed by atoms with Crippen LogP contribution in [-0.2, 0) is 82.2 Å². The van der Waals surface area contributed by atoms with Crippen molar-refractivity contribution in [1.29, 1.82) is 0 Å². The molecule has 0 saturated carbocycles. The monoisotopic (exact) mass is 1470 g/mol. The number of imidazole rings is 2. The van der Waals surface area contributed by atoms with Crippen LogP contribution in [0.4, 0.5) is 30.3 Å².